The van der Waals surface area contributed by atoms with Gasteiger partial charge in [-0.3, -0.25) is 24.0 Å². The molecule has 0 aliphatic rings. The highest BCUT2D eigenvalue weighted by atomic mass is 32.1. The molecule has 0 aliphatic heterocycles. The van der Waals surface area contributed by atoms with Gasteiger partial charge in [0.1, 0.15) is 21.5 Å². The third-order valence-electron chi connectivity index (χ3n) is 4.83. The van der Waals surface area contributed by atoms with Crippen LogP contribution in [0.2, 0.25) is 0 Å². The van der Waals surface area contributed by atoms with Crippen molar-refractivity contribution in [3.8, 4) is 10.6 Å². The number of carbonyl (C=O) groups is 1. The lowest BCUT2D eigenvalue weighted by molar-refractivity contribution is 0.0987. The summed E-state index contributed by atoms with van der Waals surface area (Å²) in [6.07, 6.45) is 1.76. The highest BCUT2D eigenvalue weighted by Crippen LogP contribution is 2.29. The van der Waals surface area contributed by atoms with Crippen LogP contribution >= 0.6 is 11.3 Å². The summed E-state index contributed by atoms with van der Waals surface area (Å²) in [5, 5.41) is 0.333. The number of rotatable bonds is 9. The summed E-state index contributed by atoms with van der Waals surface area (Å²) in [6.45, 7) is 4.54. The Morgan fingerprint density at radius 3 is 2.73 bits per heavy atom. The monoisotopic (exact) mass is 475 g/mol. The number of benzene rings is 1. The maximum Gasteiger partial charge on any atom is 0.330 e. The highest BCUT2D eigenvalue weighted by molar-refractivity contribution is 7.17. The summed E-state index contributed by atoms with van der Waals surface area (Å²) in [5.74, 6) is -1.00. The number of hydrogen-bond acceptors (Lipinski definition) is 7. The normalized spacial score (nSPS) is 11.2. The summed E-state index contributed by atoms with van der Waals surface area (Å²) in [6, 6.07) is 6.13. The van der Waals surface area contributed by atoms with Crippen LogP contribution in [0.25, 0.3) is 10.6 Å². The predicted molar refractivity (Wildman–Crippen MR) is 126 cm³/mol. The van der Waals surface area contributed by atoms with Crippen molar-refractivity contribution in [1.29, 1.82) is 0 Å². The van der Waals surface area contributed by atoms with Gasteiger partial charge in [0.15, 0.2) is 5.69 Å². The van der Waals surface area contributed by atoms with Crippen LogP contribution in [0.3, 0.4) is 0 Å². The fraction of sp³-hybridized carbons (Fsp3) is 0.364. The zero-order valence-electron chi connectivity index (χ0n) is 18.6. The van der Waals surface area contributed by atoms with Crippen molar-refractivity contribution < 1.29 is 13.9 Å². The first kappa shape index (κ1) is 24.3. The van der Waals surface area contributed by atoms with Crippen molar-refractivity contribution in [3.63, 3.8) is 0 Å². The summed E-state index contributed by atoms with van der Waals surface area (Å²) in [7, 11) is 1.53. The molecule has 0 bridgehead atoms. The molecule has 0 unspecified atom stereocenters. The first-order chi connectivity index (χ1) is 15.7. The van der Waals surface area contributed by atoms with Crippen LogP contribution in [0.15, 0.2) is 40.1 Å². The summed E-state index contributed by atoms with van der Waals surface area (Å²) >= 11 is 1.01. The summed E-state index contributed by atoms with van der Waals surface area (Å²) < 4.78 is 20.5. The lowest BCUT2D eigenvalue weighted by atomic mass is 10.2. The van der Waals surface area contributed by atoms with E-state index in [1.54, 1.807) is 18.2 Å². The molecule has 3 N–H and O–H groups in total. The molecular formula is C22H26FN5O4S. The largest absolute Gasteiger partial charge is 0.385 e. The number of nitrogens with zero attached hydrogens (tertiary/aromatic N) is 3. The number of amides is 1. The number of hydrogen-bond donors (Lipinski definition) is 2. The Balaban J connectivity index is 2.06. The molecule has 0 saturated carbocycles. The van der Waals surface area contributed by atoms with E-state index in [1.807, 2.05) is 13.8 Å². The molecule has 3 aromatic rings. The van der Waals surface area contributed by atoms with Crippen LogP contribution < -0.4 is 21.9 Å². The molecule has 2 heterocycles. The smallest absolute Gasteiger partial charge is 0.330 e. The fourth-order valence-electron chi connectivity index (χ4n) is 3.33. The van der Waals surface area contributed by atoms with Gasteiger partial charge in [-0.25, -0.2) is 14.2 Å². The molecule has 0 aliphatic carbocycles. The number of ether oxygens (including phenoxy) is 1. The van der Waals surface area contributed by atoms with Crippen molar-refractivity contribution in [2.75, 3.05) is 30.9 Å². The van der Waals surface area contributed by atoms with E-state index in [4.69, 9.17) is 10.5 Å². The number of nitrogen functional groups attached to an aromatic ring is 1. The molecule has 1 amide bonds. The second-order valence-electron chi connectivity index (χ2n) is 7.81. The lowest BCUT2D eigenvalue weighted by Crippen LogP contribution is -2.42. The molecule has 0 radical (unpaired) electrons. The number of H-pyrrole nitrogens is 1. The number of aromatic amines is 1. The molecule has 0 saturated heterocycles. The van der Waals surface area contributed by atoms with Crippen LogP contribution in [0.1, 0.15) is 29.9 Å². The Morgan fingerprint density at radius 2 is 2.06 bits per heavy atom. The van der Waals surface area contributed by atoms with Crippen LogP contribution in [-0.2, 0) is 11.3 Å². The van der Waals surface area contributed by atoms with Crippen LogP contribution in [0.4, 0.5) is 15.9 Å². The van der Waals surface area contributed by atoms with E-state index < -0.39 is 23.0 Å². The number of nitrogens with two attached hydrogens (primary N) is 1. The average Bonchev–Trinajstić information content (AvgIpc) is 3.25. The quantitative estimate of drug-likeness (QED) is 0.459. The molecule has 33 heavy (non-hydrogen) atoms. The number of methoxy groups -OCH3 is 1. The second-order valence-corrected chi connectivity index (χ2v) is 8.84. The Bertz CT molecular complexity index is 1250. The van der Waals surface area contributed by atoms with E-state index in [0.717, 1.165) is 11.3 Å². The Labute approximate surface area is 193 Å². The predicted octanol–water partition coefficient (Wildman–Crippen LogP) is 2.72. The summed E-state index contributed by atoms with van der Waals surface area (Å²) in [4.78, 5) is 46.4. The van der Waals surface area contributed by atoms with E-state index in [1.165, 1.54) is 28.8 Å². The third kappa shape index (κ3) is 5.37. The topological polar surface area (TPSA) is 123 Å². The molecule has 0 atom stereocenters. The van der Waals surface area contributed by atoms with Crippen LogP contribution in [-0.4, -0.2) is 40.7 Å². The Morgan fingerprint density at radius 1 is 1.33 bits per heavy atom. The Hall–Kier alpha value is -3.31. The average molecular weight is 476 g/mol. The molecule has 0 fully saturated rings. The summed E-state index contributed by atoms with van der Waals surface area (Å²) in [5.41, 5.74) is 4.98. The number of nitrogens with one attached hydrogen (secondary N) is 1. The fourth-order valence-corrected chi connectivity index (χ4v) is 4.22. The van der Waals surface area contributed by atoms with Crippen LogP contribution in [0.5, 0.6) is 0 Å². The number of anilines is 2. The van der Waals surface area contributed by atoms with Gasteiger partial charge < -0.3 is 10.5 Å². The Kier molecular flexibility index (Phi) is 7.77. The molecular weight excluding hydrogens is 449 g/mol. The van der Waals surface area contributed by atoms with Crippen molar-refractivity contribution in [3.05, 3.63) is 62.0 Å². The zero-order chi connectivity index (χ0) is 24.1. The van der Waals surface area contributed by atoms with E-state index in [2.05, 4.69) is 9.97 Å². The molecule has 0 spiro atoms. The maximum atomic E-state index is 14.2. The first-order valence-corrected chi connectivity index (χ1v) is 11.2. The van der Waals surface area contributed by atoms with Gasteiger partial charge in [-0.15, -0.1) is 11.3 Å². The van der Waals surface area contributed by atoms with Crippen molar-refractivity contribution in [2.24, 2.45) is 5.92 Å². The van der Waals surface area contributed by atoms with Crippen LogP contribution in [0, 0.1) is 11.7 Å². The minimum Gasteiger partial charge on any atom is -0.385 e. The molecule has 176 valence electrons. The standard InChI is InChI=1S/C22H26FN5O4S/c1-13(2)12-28-18(24)17(19(29)26-22(28)31)27(9-6-10-32-3)21(30)16-11-25-20(33-16)14-7-4-5-8-15(14)23/h4-5,7-8,11,13H,6,9-10,12,24H2,1-3H3,(H,26,29,31). The minimum atomic E-state index is -0.762. The zero-order valence-corrected chi connectivity index (χ0v) is 19.4. The van der Waals surface area contributed by atoms with Gasteiger partial charge in [-0.2, -0.15) is 0 Å². The van der Waals surface area contributed by atoms with E-state index in [9.17, 15) is 18.8 Å². The number of thiazole rings is 1. The minimum absolute atomic E-state index is 0.0752. The van der Waals surface area contributed by atoms with Crippen molar-refractivity contribution in [2.45, 2.75) is 26.8 Å². The molecule has 3 rings (SSSR count). The number of carbonyl (C=O) groups excluding carboxylic acids is 1. The van der Waals surface area contributed by atoms with Gasteiger partial charge in [0.25, 0.3) is 11.5 Å². The van der Waals surface area contributed by atoms with Crippen molar-refractivity contribution >= 4 is 28.7 Å². The number of halogens is 1. The molecule has 2 aromatic heterocycles. The highest BCUT2D eigenvalue weighted by Gasteiger charge is 2.27. The van der Waals surface area contributed by atoms with E-state index in [0.29, 0.717) is 18.0 Å². The lowest BCUT2D eigenvalue weighted by Gasteiger charge is -2.24. The second kappa shape index (κ2) is 10.5. The molecule has 1 aromatic carbocycles. The first-order valence-electron chi connectivity index (χ1n) is 10.4. The maximum absolute atomic E-state index is 14.2. The van der Waals surface area contributed by atoms with Gasteiger partial charge in [0, 0.05) is 32.4 Å². The van der Waals surface area contributed by atoms with Gasteiger partial charge in [-0.1, -0.05) is 26.0 Å². The number of aromatic nitrogens is 3. The molecule has 9 nitrogen and oxygen atoms in total. The molecule has 11 heteroatoms. The van der Waals surface area contributed by atoms with Crippen molar-refractivity contribution in [1.82, 2.24) is 14.5 Å². The van der Waals surface area contributed by atoms with Gasteiger partial charge in [0.05, 0.1) is 6.20 Å². The van der Waals surface area contributed by atoms with Gasteiger partial charge in [-0.05, 0) is 24.5 Å². The SMILES string of the molecule is COCCCN(C(=O)c1cnc(-c2ccccc2F)s1)c1c(N)n(CC(C)C)c(=O)[nH]c1=O. The van der Waals surface area contributed by atoms with E-state index in [-0.39, 0.29) is 41.0 Å². The third-order valence-corrected chi connectivity index (χ3v) is 5.85. The van der Waals surface area contributed by atoms with Gasteiger partial charge >= 0.3 is 5.69 Å². The van der Waals surface area contributed by atoms with E-state index >= 15 is 0 Å². The van der Waals surface area contributed by atoms with Gasteiger partial charge in [0.2, 0.25) is 0 Å².